The van der Waals surface area contributed by atoms with E-state index in [9.17, 15) is 4.79 Å². The second kappa shape index (κ2) is 4.85. The predicted octanol–water partition coefficient (Wildman–Crippen LogP) is 2.01. The van der Waals surface area contributed by atoms with Crippen molar-refractivity contribution in [3.63, 3.8) is 0 Å². The highest BCUT2D eigenvalue weighted by Crippen LogP contribution is 2.21. The van der Waals surface area contributed by atoms with Gasteiger partial charge in [0.15, 0.2) is 0 Å². The first-order chi connectivity index (χ1) is 7.65. The molecule has 4 heteroatoms. The van der Waals surface area contributed by atoms with Gasteiger partial charge in [-0.05, 0) is 30.5 Å². The van der Waals surface area contributed by atoms with Gasteiger partial charge in [-0.2, -0.15) is 0 Å². The Morgan fingerprint density at radius 3 is 2.94 bits per heavy atom. The molecule has 1 fully saturated rings. The van der Waals surface area contributed by atoms with Crippen LogP contribution in [0, 0.1) is 0 Å². The number of nitrogens with two attached hydrogens (primary N) is 1. The molecule has 1 aliphatic rings. The van der Waals surface area contributed by atoms with Crippen LogP contribution in [0.15, 0.2) is 24.3 Å². The number of rotatable bonds is 4. The number of hydrogen-bond acceptors (Lipinski definition) is 2. The lowest BCUT2D eigenvalue weighted by Gasteiger charge is -2.12. The Morgan fingerprint density at radius 2 is 2.31 bits per heavy atom. The van der Waals surface area contributed by atoms with Gasteiger partial charge in [-0.3, -0.25) is 4.79 Å². The molecule has 0 bridgehead atoms. The van der Waals surface area contributed by atoms with Gasteiger partial charge >= 0.3 is 0 Å². The van der Waals surface area contributed by atoms with Crippen LogP contribution in [-0.2, 0) is 4.79 Å². The summed E-state index contributed by atoms with van der Waals surface area (Å²) in [7, 11) is 0. The zero-order chi connectivity index (χ0) is 11.5. The second-order valence-electron chi connectivity index (χ2n) is 4.21. The largest absolute Gasteiger partial charge is 0.353 e. The lowest BCUT2D eigenvalue weighted by molar-refractivity contribution is -0.121. The fraction of sp³-hybridized carbons (Fsp3) is 0.417. The number of halogens is 1. The first-order valence-corrected chi connectivity index (χ1v) is 5.83. The third-order valence-corrected chi connectivity index (χ3v) is 2.86. The van der Waals surface area contributed by atoms with E-state index in [-0.39, 0.29) is 11.9 Å². The lowest BCUT2D eigenvalue weighted by atomic mass is 10.0. The minimum atomic E-state index is -0.280. The zero-order valence-electron chi connectivity index (χ0n) is 8.95. The van der Waals surface area contributed by atoms with Gasteiger partial charge in [-0.25, -0.2) is 0 Å². The standard InChI is InChI=1S/C12H15ClN2O/c13-9-3-1-2-8(6-9)11(14)7-12(16)15-10-4-5-10/h1-3,6,10-11H,4-5,7,14H2,(H,15,16). The van der Waals surface area contributed by atoms with E-state index in [1.807, 2.05) is 12.1 Å². The van der Waals surface area contributed by atoms with E-state index in [1.165, 1.54) is 0 Å². The van der Waals surface area contributed by atoms with Crippen LogP contribution in [0.2, 0.25) is 5.02 Å². The van der Waals surface area contributed by atoms with Crippen LogP contribution in [0.3, 0.4) is 0 Å². The fourth-order valence-corrected chi connectivity index (χ4v) is 1.77. The van der Waals surface area contributed by atoms with Crippen molar-refractivity contribution < 1.29 is 4.79 Å². The van der Waals surface area contributed by atoms with Gasteiger partial charge in [0, 0.05) is 23.5 Å². The maximum Gasteiger partial charge on any atom is 0.222 e. The quantitative estimate of drug-likeness (QED) is 0.843. The van der Waals surface area contributed by atoms with Gasteiger partial charge < -0.3 is 11.1 Å². The van der Waals surface area contributed by atoms with Crippen molar-refractivity contribution in [3.05, 3.63) is 34.9 Å². The summed E-state index contributed by atoms with van der Waals surface area (Å²) in [6, 6.07) is 7.44. The third-order valence-electron chi connectivity index (χ3n) is 2.62. The minimum Gasteiger partial charge on any atom is -0.353 e. The fourth-order valence-electron chi connectivity index (χ4n) is 1.57. The molecule has 3 N–H and O–H groups in total. The summed E-state index contributed by atoms with van der Waals surface area (Å²) in [6.07, 6.45) is 2.51. The predicted molar refractivity (Wildman–Crippen MR) is 64.2 cm³/mol. The Balaban J connectivity index is 1.91. The maximum absolute atomic E-state index is 11.5. The minimum absolute atomic E-state index is 0.0231. The van der Waals surface area contributed by atoms with Crippen molar-refractivity contribution in [2.24, 2.45) is 5.73 Å². The van der Waals surface area contributed by atoms with Crippen LogP contribution in [0.1, 0.15) is 30.9 Å². The van der Waals surface area contributed by atoms with Crippen LogP contribution < -0.4 is 11.1 Å². The van der Waals surface area contributed by atoms with Crippen molar-refractivity contribution in [1.29, 1.82) is 0 Å². The molecule has 0 heterocycles. The third kappa shape index (κ3) is 3.22. The average Bonchev–Trinajstić information content (AvgIpc) is 3.01. The monoisotopic (exact) mass is 238 g/mol. The molecule has 0 aliphatic heterocycles. The van der Waals surface area contributed by atoms with E-state index < -0.39 is 0 Å². The smallest absolute Gasteiger partial charge is 0.222 e. The van der Waals surface area contributed by atoms with Crippen LogP contribution in [0.4, 0.5) is 0 Å². The zero-order valence-corrected chi connectivity index (χ0v) is 9.70. The number of carbonyl (C=O) groups excluding carboxylic acids is 1. The van der Waals surface area contributed by atoms with E-state index >= 15 is 0 Å². The van der Waals surface area contributed by atoms with Gasteiger partial charge in [0.25, 0.3) is 0 Å². The number of hydrogen-bond donors (Lipinski definition) is 2. The molecule has 16 heavy (non-hydrogen) atoms. The van der Waals surface area contributed by atoms with Crippen molar-refractivity contribution in [1.82, 2.24) is 5.32 Å². The molecule has 0 saturated heterocycles. The van der Waals surface area contributed by atoms with Crippen molar-refractivity contribution >= 4 is 17.5 Å². The highest BCUT2D eigenvalue weighted by atomic mass is 35.5. The highest BCUT2D eigenvalue weighted by molar-refractivity contribution is 6.30. The summed E-state index contributed by atoms with van der Waals surface area (Å²) in [5, 5.41) is 3.57. The van der Waals surface area contributed by atoms with Crippen LogP contribution in [0.5, 0.6) is 0 Å². The van der Waals surface area contributed by atoms with Gasteiger partial charge in [-0.1, -0.05) is 23.7 Å². The molecule has 1 aromatic rings. The Kier molecular flexibility index (Phi) is 3.46. The van der Waals surface area contributed by atoms with Gasteiger partial charge in [-0.15, -0.1) is 0 Å². The van der Waals surface area contributed by atoms with Gasteiger partial charge in [0.2, 0.25) is 5.91 Å². The van der Waals surface area contributed by atoms with E-state index in [4.69, 9.17) is 17.3 Å². The second-order valence-corrected chi connectivity index (χ2v) is 4.64. The number of nitrogens with one attached hydrogen (secondary N) is 1. The molecule has 0 radical (unpaired) electrons. The van der Waals surface area contributed by atoms with E-state index in [1.54, 1.807) is 12.1 Å². The first-order valence-electron chi connectivity index (χ1n) is 5.45. The summed E-state index contributed by atoms with van der Waals surface area (Å²) in [5.41, 5.74) is 6.84. The molecule has 2 rings (SSSR count). The topological polar surface area (TPSA) is 55.1 Å². The molecule has 1 unspecified atom stereocenters. The van der Waals surface area contributed by atoms with Crippen molar-refractivity contribution in [2.45, 2.75) is 31.3 Å². The average molecular weight is 239 g/mol. The maximum atomic E-state index is 11.5. The molecule has 1 amide bonds. The van der Waals surface area contributed by atoms with Crippen LogP contribution >= 0.6 is 11.6 Å². The summed E-state index contributed by atoms with van der Waals surface area (Å²) in [6.45, 7) is 0. The molecule has 1 aliphatic carbocycles. The van der Waals surface area contributed by atoms with Gasteiger partial charge in [0.05, 0.1) is 0 Å². The Labute approximate surface area is 100.0 Å². The number of benzene rings is 1. The summed E-state index contributed by atoms with van der Waals surface area (Å²) in [5.74, 6) is 0.0231. The molecule has 3 nitrogen and oxygen atoms in total. The van der Waals surface area contributed by atoms with Crippen molar-refractivity contribution in [3.8, 4) is 0 Å². The molecule has 0 spiro atoms. The SMILES string of the molecule is NC(CC(=O)NC1CC1)c1cccc(Cl)c1. The summed E-state index contributed by atoms with van der Waals surface area (Å²) >= 11 is 5.86. The van der Waals surface area contributed by atoms with Crippen LogP contribution in [-0.4, -0.2) is 11.9 Å². The lowest BCUT2D eigenvalue weighted by Crippen LogP contribution is -2.29. The molecule has 0 aromatic heterocycles. The Hall–Kier alpha value is -1.06. The van der Waals surface area contributed by atoms with Crippen LogP contribution in [0.25, 0.3) is 0 Å². The molecular formula is C12H15ClN2O. The van der Waals surface area contributed by atoms with E-state index in [0.717, 1.165) is 18.4 Å². The normalized spacial score (nSPS) is 16.9. The molecule has 1 aromatic carbocycles. The van der Waals surface area contributed by atoms with E-state index in [2.05, 4.69) is 5.32 Å². The summed E-state index contributed by atoms with van der Waals surface area (Å²) in [4.78, 5) is 11.5. The molecule has 1 saturated carbocycles. The molecule has 1 atom stereocenters. The summed E-state index contributed by atoms with van der Waals surface area (Å²) < 4.78 is 0. The van der Waals surface area contributed by atoms with E-state index in [0.29, 0.717) is 17.5 Å². The first kappa shape index (κ1) is 11.4. The Morgan fingerprint density at radius 1 is 1.56 bits per heavy atom. The molecular weight excluding hydrogens is 224 g/mol. The number of carbonyl (C=O) groups is 1. The van der Waals surface area contributed by atoms with Gasteiger partial charge in [0.1, 0.15) is 0 Å². The molecule has 86 valence electrons. The number of amides is 1. The highest BCUT2D eigenvalue weighted by Gasteiger charge is 2.24. The Bertz CT molecular complexity index is 390. The van der Waals surface area contributed by atoms with Crippen molar-refractivity contribution in [2.75, 3.05) is 0 Å².